The van der Waals surface area contributed by atoms with E-state index in [0.717, 1.165) is 25.6 Å². The van der Waals surface area contributed by atoms with Crippen LogP contribution in [0.3, 0.4) is 0 Å². The fraction of sp³-hybridized carbons (Fsp3) is 1.00. The molecule has 2 rings (SSSR count). The molecule has 0 aromatic heterocycles. The molecule has 2 fully saturated rings. The second kappa shape index (κ2) is 17.1. The van der Waals surface area contributed by atoms with Gasteiger partial charge in [-0.15, -0.1) is 23.2 Å². The lowest BCUT2D eigenvalue weighted by Crippen LogP contribution is -2.40. The topological polar surface area (TPSA) is 40.5 Å². The highest BCUT2D eigenvalue weighted by molar-refractivity contribution is 14.2. The molecule has 10 heteroatoms. The lowest BCUT2D eigenvalue weighted by atomic mass is 9.58. The van der Waals surface area contributed by atoms with Crippen LogP contribution in [0.2, 0.25) is 11.6 Å². The normalized spacial score (nSPS) is 25.4. The van der Waals surface area contributed by atoms with Gasteiger partial charge in [0.1, 0.15) is 0 Å². The van der Waals surface area contributed by atoms with Crippen LogP contribution in [-0.2, 0) is 0 Å². The molecule has 244 valence electrons. The summed E-state index contributed by atoms with van der Waals surface area (Å²) in [5, 5.41) is 20.9. The molecule has 2 N–H and O–H groups in total. The van der Waals surface area contributed by atoms with Gasteiger partial charge in [-0.25, -0.2) is 0 Å². The van der Waals surface area contributed by atoms with Crippen LogP contribution in [0, 0.1) is 17.3 Å². The number of rotatable bonds is 17. The number of aliphatic hydroxyl groups is 2. The van der Waals surface area contributed by atoms with Crippen molar-refractivity contribution in [3.63, 3.8) is 0 Å². The Hall–Kier alpha value is 2.95. The Morgan fingerprint density at radius 3 is 1.62 bits per heavy atom. The number of hydrogen-bond donors (Lipinski definition) is 2. The fourth-order valence-electron chi connectivity index (χ4n) is 8.04. The van der Waals surface area contributed by atoms with Gasteiger partial charge in [-0.05, 0) is 73.7 Å². The summed E-state index contributed by atoms with van der Waals surface area (Å²) in [5.74, 6) is 1.22. The van der Waals surface area contributed by atoms with Gasteiger partial charge in [0.15, 0.2) is 14.0 Å². The Labute approximate surface area is 300 Å². The minimum atomic E-state index is -0.474. The molecule has 0 aromatic rings. The molecular weight excluding hydrogens is 825 g/mol. The molecule has 0 aliphatic heterocycles. The monoisotopic (exact) mass is 884 g/mol. The van der Waals surface area contributed by atoms with E-state index in [-0.39, 0.29) is 34.3 Å². The third-order valence-corrected chi connectivity index (χ3v) is 24.2. The van der Waals surface area contributed by atoms with Gasteiger partial charge in [-0.1, -0.05) is 154 Å². The molecule has 2 aliphatic carbocycles. The van der Waals surface area contributed by atoms with Gasteiger partial charge < -0.3 is 10.2 Å². The van der Waals surface area contributed by atoms with Crippen LogP contribution in [0.5, 0.6) is 0 Å². The minimum Gasteiger partial charge on any atom is -0.397 e. The molecular formula is C32H60B2Cl2I2O2P2. The highest BCUT2D eigenvalue weighted by atomic mass is 127. The summed E-state index contributed by atoms with van der Waals surface area (Å²) in [7, 11) is 0. The van der Waals surface area contributed by atoms with Crippen LogP contribution in [0.4, 0.5) is 0 Å². The summed E-state index contributed by atoms with van der Waals surface area (Å²) in [6.45, 7) is 23.9. The van der Waals surface area contributed by atoms with Crippen molar-refractivity contribution in [2.75, 3.05) is 13.2 Å². The van der Waals surface area contributed by atoms with Crippen LogP contribution in [0.1, 0.15) is 139 Å². The second-order valence-corrected chi connectivity index (χ2v) is 28.5. The van der Waals surface area contributed by atoms with Crippen molar-refractivity contribution >= 4 is 92.2 Å². The molecule has 0 amide bonds. The van der Waals surface area contributed by atoms with Crippen LogP contribution in [-0.4, -0.2) is 57.5 Å². The summed E-state index contributed by atoms with van der Waals surface area (Å²) in [6, 6.07) is 0. The van der Waals surface area contributed by atoms with E-state index in [2.05, 4.69) is 113 Å². The van der Waals surface area contributed by atoms with Gasteiger partial charge in [0, 0.05) is 21.5 Å². The molecule has 0 heterocycles. The highest BCUT2D eigenvalue weighted by Gasteiger charge is 2.46. The molecule has 0 bridgehead atoms. The van der Waals surface area contributed by atoms with Gasteiger partial charge in [0.05, 0.1) is 6.61 Å². The van der Waals surface area contributed by atoms with Crippen molar-refractivity contribution < 1.29 is 10.2 Å². The largest absolute Gasteiger partial charge is 0.397 e. The number of alkyl halides is 2. The Kier molecular flexibility index (Phi) is 16.7. The third-order valence-electron chi connectivity index (χ3n) is 10.3. The average molecular weight is 885 g/mol. The van der Waals surface area contributed by atoms with E-state index in [0.29, 0.717) is 11.8 Å². The Bertz CT molecular complexity index is 826. The van der Waals surface area contributed by atoms with Gasteiger partial charge in [0.2, 0.25) is 0 Å². The molecule has 42 heavy (non-hydrogen) atoms. The summed E-state index contributed by atoms with van der Waals surface area (Å²) in [4.78, 5) is -0.812. The summed E-state index contributed by atoms with van der Waals surface area (Å²) >= 11 is 20.0. The van der Waals surface area contributed by atoms with E-state index >= 15 is 0 Å². The first-order valence-electron chi connectivity index (χ1n) is 16.4. The maximum Gasteiger partial charge on any atom is 0.170 e. The molecule has 0 spiro atoms. The first kappa shape index (κ1) is 41.1. The molecule has 2 aliphatic rings. The van der Waals surface area contributed by atoms with Crippen LogP contribution >= 0.6 is 78.2 Å². The van der Waals surface area contributed by atoms with Crippen LogP contribution < -0.4 is 0 Å². The molecule has 2 saturated carbocycles. The standard InChI is InChI=1S/C32H60B2Cl2I2O2P2/c1-27(2,22-33-42(38)32(8,24-40)26-17-13-10-14-18-26)19-29(5,35)21-30(6,36)20-28(3,4)41(37)34-31(7,23-39)25-15-11-9-12-16-25/h25-26,39-40H,9-24H2,1-8H3. The Balaban J connectivity index is 1.98. The molecule has 2 radical (unpaired) electrons. The fourth-order valence-corrected chi connectivity index (χ4v) is 17.6. The van der Waals surface area contributed by atoms with Crippen LogP contribution in [0.15, 0.2) is 0 Å². The molecule has 2 nitrogen and oxygen atoms in total. The van der Waals surface area contributed by atoms with E-state index in [9.17, 15) is 10.2 Å². The number of halogens is 4. The first-order chi connectivity index (χ1) is 19.2. The second-order valence-electron chi connectivity index (χ2n) is 16.3. The maximum absolute atomic E-state index is 10.5. The zero-order valence-electron chi connectivity index (χ0n) is 27.9. The number of aliphatic hydroxyl groups excluding tert-OH is 2. The quantitative estimate of drug-likeness (QED) is 0.0661. The highest BCUT2D eigenvalue weighted by Crippen LogP contribution is 2.65. The molecule has 6 unspecified atom stereocenters. The zero-order chi connectivity index (χ0) is 32.0. The predicted molar refractivity (Wildman–Crippen MR) is 213 cm³/mol. The van der Waals surface area contributed by atoms with E-state index in [4.69, 9.17) is 23.2 Å². The Morgan fingerprint density at radius 1 is 0.667 bits per heavy atom. The van der Waals surface area contributed by atoms with Crippen molar-refractivity contribution in [1.82, 2.24) is 0 Å². The van der Waals surface area contributed by atoms with Crippen molar-refractivity contribution in [3.05, 3.63) is 0 Å². The van der Waals surface area contributed by atoms with E-state index in [1.165, 1.54) is 64.2 Å². The van der Waals surface area contributed by atoms with Gasteiger partial charge in [-0.3, -0.25) is 0 Å². The van der Waals surface area contributed by atoms with Gasteiger partial charge >= 0.3 is 0 Å². The predicted octanol–water partition coefficient (Wildman–Crippen LogP) is 12.4. The van der Waals surface area contributed by atoms with E-state index in [1.807, 2.05) is 0 Å². The van der Waals surface area contributed by atoms with E-state index in [1.54, 1.807) is 0 Å². The molecule has 0 aromatic carbocycles. The Morgan fingerprint density at radius 2 is 1.14 bits per heavy atom. The van der Waals surface area contributed by atoms with Crippen LogP contribution in [0.25, 0.3) is 0 Å². The number of hydrogen-bond acceptors (Lipinski definition) is 2. The van der Waals surface area contributed by atoms with Gasteiger partial charge in [-0.2, -0.15) is 0 Å². The lowest BCUT2D eigenvalue weighted by molar-refractivity contribution is 0.173. The first-order valence-corrected chi connectivity index (χ1v) is 25.5. The summed E-state index contributed by atoms with van der Waals surface area (Å²) in [6.07, 6.45) is 16.4. The zero-order valence-corrected chi connectivity index (χ0v) is 35.5. The smallest absolute Gasteiger partial charge is 0.170 e. The van der Waals surface area contributed by atoms with Crippen molar-refractivity contribution in [2.45, 2.75) is 171 Å². The minimum absolute atomic E-state index is 0.00878. The van der Waals surface area contributed by atoms with Crippen molar-refractivity contribution in [1.29, 1.82) is 0 Å². The van der Waals surface area contributed by atoms with E-state index < -0.39 is 20.6 Å². The summed E-state index contributed by atoms with van der Waals surface area (Å²) < 4.78 is 0. The molecule has 0 saturated heterocycles. The van der Waals surface area contributed by atoms with Crippen molar-refractivity contribution in [2.24, 2.45) is 17.3 Å². The lowest BCUT2D eigenvalue weighted by Gasteiger charge is -2.45. The SMILES string of the molecule is CC(C)(C[B]P(I)C(C)(CO)C1CCCCC1)CC(C)(Cl)CC(C)(Cl)CC(C)(C)P(I)[B]C(C)(CO)C1CCCCC1. The molecule has 6 atom stereocenters. The maximum atomic E-state index is 10.5. The third kappa shape index (κ3) is 12.4. The summed E-state index contributed by atoms with van der Waals surface area (Å²) in [5.41, 5.74) is -0.838. The average Bonchev–Trinajstić information content (AvgIpc) is 2.90. The van der Waals surface area contributed by atoms with Gasteiger partial charge in [0.25, 0.3) is 0 Å². The van der Waals surface area contributed by atoms with Crippen molar-refractivity contribution in [3.8, 4) is 0 Å².